The number of anilines is 1. The average molecular weight is 362 g/mol. The van der Waals surface area contributed by atoms with Gasteiger partial charge >= 0.3 is 12.2 Å². The summed E-state index contributed by atoms with van der Waals surface area (Å²) < 4.78 is 39.0. The van der Waals surface area contributed by atoms with E-state index in [1.165, 1.54) is 35.7 Å². The van der Waals surface area contributed by atoms with E-state index in [9.17, 15) is 18.0 Å². The molecular formula is C20H21F3N2O. The number of nitrogens with one attached hydrogen (secondary N) is 2. The van der Waals surface area contributed by atoms with Gasteiger partial charge in [-0.1, -0.05) is 30.3 Å². The first kappa shape index (κ1) is 18.3. The molecule has 0 aliphatic heterocycles. The summed E-state index contributed by atoms with van der Waals surface area (Å²) in [7, 11) is 0. The van der Waals surface area contributed by atoms with Gasteiger partial charge < -0.3 is 10.6 Å². The van der Waals surface area contributed by atoms with Crippen molar-refractivity contribution in [1.82, 2.24) is 5.32 Å². The zero-order chi connectivity index (χ0) is 18.7. The molecular weight excluding hydrogens is 341 g/mol. The van der Waals surface area contributed by atoms with E-state index in [4.69, 9.17) is 0 Å². The van der Waals surface area contributed by atoms with Crippen LogP contribution in [0.4, 0.5) is 23.7 Å². The molecule has 1 aliphatic rings. The van der Waals surface area contributed by atoms with Gasteiger partial charge in [-0.3, -0.25) is 0 Å². The van der Waals surface area contributed by atoms with Crippen molar-refractivity contribution in [3.63, 3.8) is 0 Å². The lowest BCUT2D eigenvalue weighted by Gasteiger charge is -2.20. The van der Waals surface area contributed by atoms with Crippen LogP contribution < -0.4 is 10.6 Å². The summed E-state index contributed by atoms with van der Waals surface area (Å²) in [5.74, 6) is 0. The second-order valence-electron chi connectivity index (χ2n) is 6.60. The number of para-hydroxylation sites is 1. The fraction of sp³-hybridized carbons (Fsp3) is 0.350. The molecule has 6 heteroatoms. The molecule has 0 radical (unpaired) electrons. The number of rotatable bonds is 3. The number of benzene rings is 2. The average Bonchev–Trinajstić information content (AvgIpc) is 2.60. The first-order valence-electron chi connectivity index (χ1n) is 8.70. The van der Waals surface area contributed by atoms with E-state index in [1.807, 2.05) is 13.0 Å². The number of alkyl halides is 3. The molecule has 26 heavy (non-hydrogen) atoms. The molecule has 2 aromatic carbocycles. The van der Waals surface area contributed by atoms with Crippen molar-refractivity contribution in [3.8, 4) is 0 Å². The Balaban J connectivity index is 1.69. The number of amides is 2. The summed E-state index contributed by atoms with van der Waals surface area (Å²) in [6.45, 7) is 1.82. The lowest BCUT2D eigenvalue weighted by molar-refractivity contribution is -0.136. The Bertz CT molecular complexity index is 802. The number of carbonyl (C=O) groups excluding carboxylic acids is 1. The van der Waals surface area contributed by atoms with Gasteiger partial charge in [0, 0.05) is 0 Å². The molecule has 0 saturated heterocycles. The lowest BCUT2D eigenvalue weighted by Crippen LogP contribution is -2.32. The van der Waals surface area contributed by atoms with Crippen LogP contribution in [0.3, 0.4) is 0 Å². The van der Waals surface area contributed by atoms with Crippen LogP contribution in [0.25, 0.3) is 0 Å². The molecule has 0 aromatic heterocycles. The Kier molecular flexibility index (Phi) is 5.20. The predicted octanol–water partition coefficient (Wildman–Crippen LogP) is 5.47. The number of urea groups is 1. The Labute approximate surface area is 150 Å². The highest BCUT2D eigenvalue weighted by atomic mass is 19.4. The first-order valence-corrected chi connectivity index (χ1v) is 8.70. The van der Waals surface area contributed by atoms with E-state index in [2.05, 4.69) is 22.8 Å². The largest absolute Gasteiger partial charge is 0.418 e. The third kappa shape index (κ3) is 4.18. The summed E-state index contributed by atoms with van der Waals surface area (Å²) in [5, 5.41) is 5.02. The maximum absolute atomic E-state index is 13.0. The van der Waals surface area contributed by atoms with Gasteiger partial charge in [0.15, 0.2) is 0 Å². The van der Waals surface area contributed by atoms with Crippen LogP contribution in [-0.4, -0.2) is 6.03 Å². The Morgan fingerprint density at radius 3 is 2.46 bits per heavy atom. The molecule has 3 nitrogen and oxygen atoms in total. The second kappa shape index (κ2) is 7.40. The summed E-state index contributed by atoms with van der Waals surface area (Å²) in [6.07, 6.45) is -0.0602. The molecule has 2 amide bonds. The summed E-state index contributed by atoms with van der Waals surface area (Å²) in [5.41, 5.74) is 2.47. The second-order valence-corrected chi connectivity index (χ2v) is 6.60. The Hall–Kier alpha value is -2.50. The van der Waals surface area contributed by atoms with Crippen molar-refractivity contribution in [2.75, 3.05) is 5.32 Å². The topological polar surface area (TPSA) is 41.1 Å². The van der Waals surface area contributed by atoms with Crippen LogP contribution in [0.1, 0.15) is 48.1 Å². The predicted molar refractivity (Wildman–Crippen MR) is 95.1 cm³/mol. The third-order valence-corrected chi connectivity index (χ3v) is 4.70. The van der Waals surface area contributed by atoms with Gasteiger partial charge in [-0.25, -0.2) is 4.79 Å². The smallest absolute Gasteiger partial charge is 0.331 e. The Morgan fingerprint density at radius 2 is 1.73 bits per heavy atom. The van der Waals surface area contributed by atoms with Crippen molar-refractivity contribution < 1.29 is 18.0 Å². The summed E-state index contributed by atoms with van der Waals surface area (Å²) in [4.78, 5) is 12.2. The zero-order valence-electron chi connectivity index (χ0n) is 14.5. The number of hydrogen-bond acceptors (Lipinski definition) is 1. The van der Waals surface area contributed by atoms with Crippen LogP contribution in [0, 0.1) is 0 Å². The maximum Gasteiger partial charge on any atom is 0.418 e. The van der Waals surface area contributed by atoms with Crippen LogP contribution in [0.15, 0.2) is 42.5 Å². The van der Waals surface area contributed by atoms with Gasteiger partial charge in [0.05, 0.1) is 17.3 Å². The Morgan fingerprint density at radius 1 is 1.04 bits per heavy atom. The first-order chi connectivity index (χ1) is 12.3. The quantitative estimate of drug-likeness (QED) is 0.747. The van der Waals surface area contributed by atoms with Gasteiger partial charge in [-0.05, 0) is 61.4 Å². The van der Waals surface area contributed by atoms with Crippen LogP contribution in [0.2, 0.25) is 0 Å². The monoisotopic (exact) mass is 362 g/mol. The molecule has 1 atom stereocenters. The minimum absolute atomic E-state index is 0.254. The van der Waals surface area contributed by atoms with Crippen molar-refractivity contribution in [2.45, 2.75) is 44.8 Å². The number of hydrogen-bond donors (Lipinski definition) is 2. The van der Waals surface area contributed by atoms with Gasteiger partial charge in [0.1, 0.15) is 0 Å². The fourth-order valence-corrected chi connectivity index (χ4v) is 3.30. The highest BCUT2D eigenvalue weighted by Crippen LogP contribution is 2.34. The maximum atomic E-state index is 13.0. The van der Waals surface area contributed by atoms with E-state index in [0.717, 1.165) is 30.9 Å². The molecule has 138 valence electrons. The van der Waals surface area contributed by atoms with Gasteiger partial charge in [-0.2, -0.15) is 13.2 Å². The number of fused-ring (bicyclic) bond motifs is 1. The third-order valence-electron chi connectivity index (χ3n) is 4.70. The van der Waals surface area contributed by atoms with E-state index < -0.39 is 17.8 Å². The highest BCUT2D eigenvalue weighted by Gasteiger charge is 2.33. The van der Waals surface area contributed by atoms with Crippen LogP contribution in [0.5, 0.6) is 0 Å². The zero-order valence-corrected chi connectivity index (χ0v) is 14.5. The van der Waals surface area contributed by atoms with Crippen molar-refractivity contribution >= 4 is 11.7 Å². The van der Waals surface area contributed by atoms with Crippen molar-refractivity contribution in [1.29, 1.82) is 0 Å². The molecule has 0 bridgehead atoms. The SMILES string of the molecule is CC(NC(=O)Nc1ccccc1C(F)(F)F)c1ccc2c(c1)CCCC2. The highest BCUT2D eigenvalue weighted by molar-refractivity contribution is 5.90. The van der Waals surface area contributed by atoms with Crippen LogP contribution in [-0.2, 0) is 19.0 Å². The minimum Gasteiger partial charge on any atom is -0.331 e. The lowest BCUT2D eigenvalue weighted by atomic mass is 9.89. The molecule has 3 rings (SSSR count). The van der Waals surface area contributed by atoms with E-state index >= 15 is 0 Å². The summed E-state index contributed by atoms with van der Waals surface area (Å²) in [6, 6.07) is 10.1. The fourth-order valence-electron chi connectivity index (χ4n) is 3.30. The number of halogens is 3. The molecule has 0 heterocycles. The van der Waals surface area contributed by atoms with Crippen LogP contribution >= 0.6 is 0 Å². The molecule has 0 saturated carbocycles. The standard InChI is InChI=1S/C20H21F3N2O/c1-13(15-11-10-14-6-2-3-7-16(14)12-15)24-19(26)25-18-9-5-4-8-17(18)20(21,22)23/h4-5,8-13H,2-3,6-7H2,1H3,(H2,24,25,26). The van der Waals surface area contributed by atoms with E-state index in [0.29, 0.717) is 0 Å². The molecule has 2 aromatic rings. The number of carbonyl (C=O) groups is 1. The minimum atomic E-state index is -4.52. The van der Waals surface area contributed by atoms with Gasteiger partial charge in [-0.15, -0.1) is 0 Å². The van der Waals surface area contributed by atoms with Crippen molar-refractivity contribution in [2.24, 2.45) is 0 Å². The molecule has 1 aliphatic carbocycles. The molecule has 1 unspecified atom stereocenters. The van der Waals surface area contributed by atoms with Gasteiger partial charge in [0.2, 0.25) is 0 Å². The van der Waals surface area contributed by atoms with Crippen molar-refractivity contribution in [3.05, 3.63) is 64.7 Å². The van der Waals surface area contributed by atoms with E-state index in [1.54, 1.807) is 0 Å². The summed E-state index contributed by atoms with van der Waals surface area (Å²) >= 11 is 0. The molecule has 2 N–H and O–H groups in total. The molecule has 0 spiro atoms. The molecule has 0 fully saturated rings. The van der Waals surface area contributed by atoms with Gasteiger partial charge in [0.25, 0.3) is 0 Å². The number of aryl methyl sites for hydroxylation is 2. The van der Waals surface area contributed by atoms with E-state index in [-0.39, 0.29) is 11.7 Å². The normalized spacial score (nSPS) is 15.1.